The zero-order valence-electron chi connectivity index (χ0n) is 19.8. The number of nitrogens with zero attached hydrogens (tertiary/aromatic N) is 3. The number of hydrogen-bond donors (Lipinski definition) is 0. The molecule has 0 bridgehead atoms. The van der Waals surface area contributed by atoms with Gasteiger partial charge in [0.2, 0.25) is 0 Å². The number of rotatable bonds is 6. The molecule has 186 valence electrons. The average molecular weight is 488 g/mol. The SMILES string of the molecule is CCOC[C@@]12CCN(C(=O)c3ccccc3OC)C[C@@H]1CN(c1ccc(C#N)c(C(F)(F)F)c1)C2. The molecular formula is C26H28F3N3O3. The fourth-order valence-corrected chi connectivity index (χ4v) is 5.26. The van der Waals surface area contributed by atoms with Crippen LogP contribution >= 0.6 is 0 Å². The van der Waals surface area contributed by atoms with E-state index in [0.29, 0.717) is 62.8 Å². The topological polar surface area (TPSA) is 65.8 Å². The van der Waals surface area contributed by atoms with Crippen LogP contribution in [0.2, 0.25) is 0 Å². The maximum Gasteiger partial charge on any atom is 0.417 e. The summed E-state index contributed by atoms with van der Waals surface area (Å²) in [6.45, 7) is 4.94. The monoisotopic (exact) mass is 487 g/mol. The Balaban J connectivity index is 1.61. The van der Waals surface area contributed by atoms with Crippen LogP contribution in [0.5, 0.6) is 5.75 Å². The van der Waals surface area contributed by atoms with Gasteiger partial charge in [0.05, 0.1) is 36.5 Å². The van der Waals surface area contributed by atoms with Gasteiger partial charge < -0.3 is 19.3 Å². The second-order valence-electron chi connectivity index (χ2n) is 9.12. The number of anilines is 1. The standard InChI is InChI=1S/C26H28F3N3O3/c1-3-35-17-25-10-11-31(24(33)21-6-4-5-7-23(21)34-2)14-19(25)15-32(16-25)20-9-8-18(13-30)22(12-20)26(27,28)29/h4-9,12,19H,3,10-11,14-17H2,1-2H3/t19-,25+/m1/s1. The lowest BCUT2D eigenvalue weighted by atomic mass is 9.73. The van der Waals surface area contributed by atoms with Crippen LogP contribution in [0.1, 0.15) is 34.8 Å². The van der Waals surface area contributed by atoms with Crippen molar-refractivity contribution in [2.45, 2.75) is 19.5 Å². The highest BCUT2D eigenvalue weighted by molar-refractivity contribution is 5.97. The Morgan fingerprint density at radius 1 is 1.23 bits per heavy atom. The summed E-state index contributed by atoms with van der Waals surface area (Å²) in [5.74, 6) is 0.407. The van der Waals surface area contributed by atoms with Crippen molar-refractivity contribution < 1.29 is 27.4 Å². The third kappa shape index (κ3) is 4.80. The molecule has 0 aliphatic carbocycles. The first-order chi connectivity index (χ1) is 16.7. The van der Waals surface area contributed by atoms with E-state index in [9.17, 15) is 18.0 Å². The van der Waals surface area contributed by atoms with Crippen molar-refractivity contribution in [1.29, 1.82) is 5.26 Å². The summed E-state index contributed by atoms with van der Waals surface area (Å²) in [4.78, 5) is 17.0. The summed E-state index contributed by atoms with van der Waals surface area (Å²) in [7, 11) is 1.52. The first kappa shape index (κ1) is 24.9. The van der Waals surface area contributed by atoms with Crippen molar-refractivity contribution in [2.75, 3.05) is 51.4 Å². The van der Waals surface area contributed by atoms with E-state index in [4.69, 9.17) is 14.7 Å². The zero-order chi connectivity index (χ0) is 25.2. The number of alkyl halides is 3. The Morgan fingerprint density at radius 2 is 2.00 bits per heavy atom. The largest absolute Gasteiger partial charge is 0.496 e. The first-order valence-corrected chi connectivity index (χ1v) is 11.6. The maximum atomic E-state index is 13.6. The number of fused-ring (bicyclic) bond motifs is 1. The molecule has 0 spiro atoms. The molecule has 2 aliphatic heterocycles. The lowest BCUT2D eigenvalue weighted by molar-refractivity contribution is -0.137. The molecule has 2 aliphatic rings. The van der Waals surface area contributed by atoms with Crippen molar-refractivity contribution >= 4 is 11.6 Å². The van der Waals surface area contributed by atoms with Gasteiger partial charge in [-0.3, -0.25) is 4.79 Å². The number of methoxy groups -OCH3 is 1. The molecule has 4 rings (SSSR count). The molecule has 2 saturated heterocycles. The highest BCUT2D eigenvalue weighted by Crippen LogP contribution is 2.46. The lowest BCUT2D eigenvalue weighted by Crippen LogP contribution is -2.51. The van der Waals surface area contributed by atoms with Gasteiger partial charge in [0, 0.05) is 49.8 Å². The van der Waals surface area contributed by atoms with Crippen LogP contribution in [0, 0.1) is 22.7 Å². The summed E-state index contributed by atoms with van der Waals surface area (Å²) in [6.07, 6.45) is -3.94. The van der Waals surface area contributed by atoms with Crippen LogP contribution in [0.4, 0.5) is 18.9 Å². The molecule has 2 aromatic carbocycles. The van der Waals surface area contributed by atoms with Crippen molar-refractivity contribution in [3.05, 3.63) is 59.2 Å². The number of likely N-dealkylation sites (tertiary alicyclic amines) is 1. The Bertz CT molecular complexity index is 1130. The quantitative estimate of drug-likeness (QED) is 0.596. The number of carbonyl (C=O) groups excluding carboxylic acids is 1. The molecule has 6 nitrogen and oxygen atoms in total. The van der Waals surface area contributed by atoms with Crippen molar-refractivity contribution in [3.8, 4) is 11.8 Å². The Hall–Kier alpha value is -3.25. The molecule has 2 heterocycles. The number of halogens is 3. The molecule has 2 atom stereocenters. The van der Waals surface area contributed by atoms with Crippen LogP contribution < -0.4 is 9.64 Å². The van der Waals surface area contributed by atoms with Crippen molar-refractivity contribution in [2.24, 2.45) is 11.3 Å². The summed E-state index contributed by atoms with van der Waals surface area (Å²) in [6, 6.07) is 12.6. The Morgan fingerprint density at radius 3 is 2.69 bits per heavy atom. The normalized spacial score (nSPS) is 22.0. The molecular weight excluding hydrogens is 459 g/mol. The molecule has 2 fully saturated rings. The van der Waals surface area contributed by atoms with Crippen molar-refractivity contribution in [1.82, 2.24) is 4.90 Å². The van der Waals surface area contributed by atoms with Gasteiger partial charge in [-0.1, -0.05) is 12.1 Å². The smallest absolute Gasteiger partial charge is 0.417 e. The first-order valence-electron chi connectivity index (χ1n) is 11.6. The van der Waals surface area contributed by atoms with E-state index in [0.717, 1.165) is 6.07 Å². The van der Waals surface area contributed by atoms with Gasteiger partial charge in [0.1, 0.15) is 5.75 Å². The van der Waals surface area contributed by atoms with E-state index in [-0.39, 0.29) is 17.2 Å². The van der Waals surface area contributed by atoms with E-state index in [1.54, 1.807) is 41.3 Å². The van der Waals surface area contributed by atoms with Gasteiger partial charge in [0.25, 0.3) is 5.91 Å². The molecule has 0 saturated carbocycles. The van der Waals surface area contributed by atoms with Gasteiger partial charge in [0.15, 0.2) is 0 Å². The van der Waals surface area contributed by atoms with Gasteiger partial charge in [-0.05, 0) is 43.7 Å². The molecule has 35 heavy (non-hydrogen) atoms. The number of hydrogen-bond acceptors (Lipinski definition) is 5. The van der Waals surface area contributed by atoms with Crippen LogP contribution in [-0.4, -0.2) is 57.3 Å². The molecule has 9 heteroatoms. The van der Waals surface area contributed by atoms with Crippen LogP contribution in [0.15, 0.2) is 42.5 Å². The van der Waals surface area contributed by atoms with E-state index in [1.165, 1.54) is 13.2 Å². The molecule has 0 N–H and O–H groups in total. The zero-order valence-corrected chi connectivity index (χ0v) is 19.8. The fourth-order valence-electron chi connectivity index (χ4n) is 5.26. The molecule has 0 radical (unpaired) electrons. The summed E-state index contributed by atoms with van der Waals surface area (Å²) in [5, 5.41) is 9.13. The fraction of sp³-hybridized carbons (Fsp3) is 0.462. The second kappa shape index (κ2) is 9.78. The highest BCUT2D eigenvalue weighted by Gasteiger charge is 2.50. The third-order valence-corrected chi connectivity index (χ3v) is 7.15. The predicted octanol–water partition coefficient (Wildman–Crippen LogP) is 4.59. The summed E-state index contributed by atoms with van der Waals surface area (Å²) < 4.78 is 51.9. The highest BCUT2D eigenvalue weighted by atomic mass is 19.4. The third-order valence-electron chi connectivity index (χ3n) is 7.15. The minimum absolute atomic E-state index is 0.0198. The van der Waals surface area contributed by atoms with Crippen LogP contribution in [-0.2, 0) is 10.9 Å². The number of benzene rings is 2. The molecule has 1 amide bonds. The Labute approximate surface area is 202 Å². The minimum Gasteiger partial charge on any atom is -0.496 e. The Kier molecular flexibility index (Phi) is 6.95. The number of nitriles is 1. The average Bonchev–Trinajstić information content (AvgIpc) is 3.25. The number of ether oxygens (including phenoxy) is 2. The molecule has 0 aromatic heterocycles. The van der Waals surface area contributed by atoms with Crippen LogP contribution in [0.3, 0.4) is 0 Å². The molecule has 2 aromatic rings. The van der Waals surface area contributed by atoms with Crippen LogP contribution in [0.25, 0.3) is 0 Å². The van der Waals surface area contributed by atoms with Gasteiger partial charge in [-0.2, -0.15) is 18.4 Å². The van der Waals surface area contributed by atoms with E-state index in [1.807, 2.05) is 11.8 Å². The maximum absolute atomic E-state index is 13.6. The van der Waals surface area contributed by atoms with E-state index in [2.05, 4.69) is 0 Å². The number of carbonyl (C=O) groups is 1. The van der Waals surface area contributed by atoms with Gasteiger partial charge >= 0.3 is 6.18 Å². The van der Waals surface area contributed by atoms with Gasteiger partial charge in [-0.25, -0.2) is 0 Å². The second-order valence-corrected chi connectivity index (χ2v) is 9.12. The van der Waals surface area contributed by atoms with Crippen molar-refractivity contribution in [3.63, 3.8) is 0 Å². The lowest BCUT2D eigenvalue weighted by Gasteiger charge is -2.43. The van der Waals surface area contributed by atoms with Gasteiger partial charge in [-0.15, -0.1) is 0 Å². The minimum atomic E-state index is -4.62. The van der Waals surface area contributed by atoms with E-state index < -0.39 is 17.3 Å². The summed E-state index contributed by atoms with van der Waals surface area (Å²) >= 11 is 0. The molecule has 0 unspecified atom stereocenters. The number of amides is 1. The number of para-hydroxylation sites is 1. The summed E-state index contributed by atoms with van der Waals surface area (Å²) in [5.41, 5.74) is -0.692. The van der Waals surface area contributed by atoms with E-state index >= 15 is 0 Å². The predicted molar refractivity (Wildman–Crippen MR) is 124 cm³/mol. The number of piperidine rings is 1.